The van der Waals surface area contributed by atoms with Gasteiger partial charge in [-0.25, -0.2) is 18.4 Å². The summed E-state index contributed by atoms with van der Waals surface area (Å²) < 4.78 is 28.9. The van der Waals surface area contributed by atoms with Gasteiger partial charge in [-0.05, 0) is 28.3 Å². The molecule has 1 amide bonds. The van der Waals surface area contributed by atoms with Gasteiger partial charge in [0, 0.05) is 18.0 Å². The molecule has 0 aromatic heterocycles. The minimum atomic E-state index is -4.09. The Labute approximate surface area is 191 Å². The van der Waals surface area contributed by atoms with Crippen LogP contribution in [0.2, 0.25) is 0 Å². The van der Waals surface area contributed by atoms with Crippen LogP contribution in [0.5, 0.6) is 0 Å². The van der Waals surface area contributed by atoms with Crippen molar-refractivity contribution in [3.05, 3.63) is 89.5 Å². The fourth-order valence-corrected chi connectivity index (χ4v) is 4.93. The number of nitrogens with one attached hydrogen (secondary N) is 1. The third-order valence-electron chi connectivity index (χ3n) is 5.71. The molecule has 1 aliphatic rings. The average molecular weight is 469 g/mol. The number of fused-ring (bicyclic) bond motifs is 3. The largest absolute Gasteiger partial charge is 0.449 e. The van der Waals surface area contributed by atoms with Crippen molar-refractivity contribution in [1.29, 1.82) is 0 Å². The summed E-state index contributed by atoms with van der Waals surface area (Å²) in [4.78, 5) is 12.0. The van der Waals surface area contributed by atoms with Crippen molar-refractivity contribution in [2.45, 2.75) is 23.0 Å². The van der Waals surface area contributed by atoms with E-state index in [2.05, 4.69) is 5.32 Å². The van der Waals surface area contributed by atoms with Gasteiger partial charge in [-0.2, -0.15) is 0 Å². The molecule has 3 aromatic carbocycles. The minimum absolute atomic E-state index is 0.0539. The first-order chi connectivity index (χ1) is 15.8. The number of rotatable bonds is 7. The summed E-state index contributed by atoms with van der Waals surface area (Å²) in [6.07, 6.45) is -3.82. The van der Waals surface area contributed by atoms with Crippen LogP contribution in [-0.4, -0.2) is 44.0 Å². The van der Waals surface area contributed by atoms with Crippen LogP contribution < -0.4 is 10.5 Å². The van der Waals surface area contributed by atoms with Gasteiger partial charge in [0.05, 0.1) is 4.90 Å². The second-order valence-electron chi connectivity index (χ2n) is 7.80. The van der Waals surface area contributed by atoms with Gasteiger partial charge in [-0.15, -0.1) is 0 Å². The first-order valence-corrected chi connectivity index (χ1v) is 11.9. The zero-order valence-electron chi connectivity index (χ0n) is 17.6. The molecule has 4 rings (SSSR count). The summed E-state index contributed by atoms with van der Waals surface area (Å²) in [5.41, 5.74) is 4.30. The molecular formula is C24H24N2O6S. The van der Waals surface area contributed by atoms with Gasteiger partial charge in [0.25, 0.3) is 0 Å². The Balaban J connectivity index is 1.37. The van der Waals surface area contributed by atoms with Gasteiger partial charge in [-0.1, -0.05) is 66.7 Å². The van der Waals surface area contributed by atoms with E-state index in [1.807, 2.05) is 48.5 Å². The average Bonchev–Trinajstić information content (AvgIpc) is 3.14. The van der Waals surface area contributed by atoms with Crippen LogP contribution in [0, 0.1) is 0 Å². The summed E-state index contributed by atoms with van der Waals surface area (Å²) in [6.45, 7) is -0.246. The maximum absolute atomic E-state index is 12.3. The lowest BCUT2D eigenvalue weighted by Gasteiger charge is -2.21. The molecular weight excluding hydrogens is 444 g/mol. The molecule has 0 bridgehead atoms. The Bertz CT molecular complexity index is 1230. The van der Waals surface area contributed by atoms with Crippen LogP contribution in [0.15, 0.2) is 77.7 Å². The van der Waals surface area contributed by atoms with E-state index in [1.165, 1.54) is 24.3 Å². The molecule has 33 heavy (non-hydrogen) atoms. The first kappa shape index (κ1) is 22.9. The molecule has 0 spiro atoms. The van der Waals surface area contributed by atoms with E-state index in [0.717, 1.165) is 22.3 Å². The van der Waals surface area contributed by atoms with Crippen molar-refractivity contribution in [2.75, 3.05) is 13.2 Å². The molecule has 0 aliphatic heterocycles. The molecule has 8 nitrogen and oxygen atoms in total. The number of ether oxygens (including phenoxy) is 1. The van der Waals surface area contributed by atoms with E-state index in [1.54, 1.807) is 0 Å². The monoisotopic (exact) mass is 468 g/mol. The van der Waals surface area contributed by atoms with Gasteiger partial charge in [0.1, 0.15) is 18.8 Å². The predicted molar refractivity (Wildman–Crippen MR) is 122 cm³/mol. The highest BCUT2D eigenvalue weighted by atomic mass is 32.2. The summed E-state index contributed by atoms with van der Waals surface area (Å²) in [6, 6.07) is 21.4. The fraction of sp³-hybridized carbons (Fsp3) is 0.208. The Morgan fingerprint density at radius 1 is 0.939 bits per heavy atom. The van der Waals surface area contributed by atoms with Crippen LogP contribution in [0.3, 0.4) is 0 Å². The van der Waals surface area contributed by atoms with Crippen molar-refractivity contribution in [2.24, 2.45) is 5.14 Å². The predicted octanol–water partition coefficient (Wildman–Crippen LogP) is 2.27. The van der Waals surface area contributed by atoms with Crippen LogP contribution in [0.4, 0.5) is 4.79 Å². The number of nitrogens with two attached hydrogens (primary N) is 1. The Morgan fingerprint density at radius 3 is 2.09 bits per heavy atom. The second-order valence-corrected chi connectivity index (χ2v) is 9.33. The number of primary sulfonamides is 1. The minimum Gasteiger partial charge on any atom is -0.449 e. The Hall–Kier alpha value is -3.24. The van der Waals surface area contributed by atoms with E-state index < -0.39 is 28.3 Å². The standard InChI is InChI=1S/C24H24N2O6S/c25-33(30,31)22-12-6-5-11-19(22)23(28)21(27)13-26-24(29)32-14-20-17-9-3-1-7-15(17)16-8-2-4-10-18(16)20/h1-12,20-21,23,27-28H,13-14H2,(H,26,29)(H2,25,30,31). The van der Waals surface area contributed by atoms with Crippen molar-refractivity contribution >= 4 is 16.1 Å². The van der Waals surface area contributed by atoms with Crippen molar-refractivity contribution < 1.29 is 28.2 Å². The first-order valence-electron chi connectivity index (χ1n) is 10.3. The topological polar surface area (TPSA) is 139 Å². The Morgan fingerprint density at radius 2 is 1.48 bits per heavy atom. The summed E-state index contributed by atoms with van der Waals surface area (Å²) >= 11 is 0. The quantitative estimate of drug-likeness (QED) is 0.420. The zero-order valence-corrected chi connectivity index (χ0v) is 18.4. The van der Waals surface area contributed by atoms with E-state index in [-0.39, 0.29) is 29.5 Å². The van der Waals surface area contributed by atoms with Gasteiger partial charge < -0.3 is 20.3 Å². The number of hydrogen-bond donors (Lipinski definition) is 4. The molecule has 3 aromatic rings. The number of aliphatic hydroxyl groups is 2. The number of benzene rings is 3. The SMILES string of the molecule is NS(=O)(=O)c1ccccc1C(O)C(O)CNC(=O)OCC1c2ccccc2-c2ccccc21. The number of hydrogen-bond acceptors (Lipinski definition) is 6. The molecule has 0 radical (unpaired) electrons. The number of alkyl carbamates (subject to hydrolysis) is 1. The molecule has 0 heterocycles. The molecule has 0 fully saturated rings. The van der Waals surface area contributed by atoms with Crippen LogP contribution >= 0.6 is 0 Å². The lowest BCUT2D eigenvalue weighted by molar-refractivity contribution is 0.0169. The fourth-order valence-electron chi connectivity index (χ4n) is 4.14. The number of carbonyl (C=O) groups excluding carboxylic acids is 1. The van der Waals surface area contributed by atoms with E-state index in [4.69, 9.17) is 9.88 Å². The normalized spacial score (nSPS) is 14.8. The molecule has 9 heteroatoms. The van der Waals surface area contributed by atoms with E-state index in [9.17, 15) is 23.4 Å². The molecule has 5 N–H and O–H groups in total. The highest BCUT2D eigenvalue weighted by Crippen LogP contribution is 2.44. The maximum Gasteiger partial charge on any atom is 0.407 e. The number of amides is 1. The smallest absolute Gasteiger partial charge is 0.407 e. The van der Waals surface area contributed by atoms with Gasteiger partial charge >= 0.3 is 6.09 Å². The molecule has 2 atom stereocenters. The zero-order chi connectivity index (χ0) is 23.6. The van der Waals surface area contributed by atoms with Crippen LogP contribution in [-0.2, 0) is 14.8 Å². The molecule has 1 aliphatic carbocycles. The van der Waals surface area contributed by atoms with E-state index >= 15 is 0 Å². The highest BCUT2D eigenvalue weighted by Gasteiger charge is 2.29. The number of sulfonamides is 1. The summed E-state index contributed by atoms with van der Waals surface area (Å²) in [5.74, 6) is -0.111. The molecule has 0 saturated carbocycles. The summed E-state index contributed by atoms with van der Waals surface area (Å²) in [5, 5.41) is 28.3. The van der Waals surface area contributed by atoms with Crippen molar-refractivity contribution in [1.82, 2.24) is 5.32 Å². The van der Waals surface area contributed by atoms with Crippen molar-refractivity contribution in [3.8, 4) is 11.1 Å². The van der Waals surface area contributed by atoms with Gasteiger partial charge in [0.15, 0.2) is 0 Å². The second kappa shape index (κ2) is 9.32. The third-order valence-corrected chi connectivity index (χ3v) is 6.69. The van der Waals surface area contributed by atoms with Gasteiger partial charge in [-0.3, -0.25) is 0 Å². The van der Waals surface area contributed by atoms with Crippen LogP contribution in [0.25, 0.3) is 11.1 Å². The van der Waals surface area contributed by atoms with Crippen molar-refractivity contribution in [3.63, 3.8) is 0 Å². The maximum atomic E-state index is 12.3. The van der Waals surface area contributed by atoms with Crippen LogP contribution in [0.1, 0.15) is 28.7 Å². The highest BCUT2D eigenvalue weighted by molar-refractivity contribution is 7.89. The lowest BCUT2D eigenvalue weighted by Crippen LogP contribution is -2.36. The van der Waals surface area contributed by atoms with Gasteiger partial charge in [0.2, 0.25) is 10.0 Å². The van der Waals surface area contributed by atoms with E-state index in [0.29, 0.717) is 0 Å². The molecule has 2 unspecified atom stereocenters. The third kappa shape index (κ3) is 4.76. The molecule has 0 saturated heterocycles. The lowest BCUT2D eigenvalue weighted by atomic mass is 9.98. The summed E-state index contributed by atoms with van der Waals surface area (Å²) in [7, 11) is -4.09. The Kier molecular flexibility index (Phi) is 6.48. The number of carbonyl (C=O) groups is 1. The molecule has 172 valence electrons. The number of aliphatic hydroxyl groups excluding tert-OH is 2.